The molecule has 2 heterocycles. The summed E-state index contributed by atoms with van der Waals surface area (Å²) in [7, 11) is -2.89. The lowest BCUT2D eigenvalue weighted by atomic mass is 10.1. The Balaban J connectivity index is 2.21. The van der Waals surface area contributed by atoms with Crippen LogP contribution in [0.1, 0.15) is 28.7 Å². The maximum absolute atomic E-state index is 11.2. The van der Waals surface area contributed by atoms with Gasteiger partial charge in [-0.05, 0) is 18.6 Å². The molecule has 1 unspecified atom stereocenters. The van der Waals surface area contributed by atoms with Crippen LogP contribution < -0.4 is 0 Å². The molecule has 0 saturated carbocycles. The summed E-state index contributed by atoms with van der Waals surface area (Å²) >= 11 is 0. The molecule has 2 rings (SSSR count). The fourth-order valence-corrected chi connectivity index (χ4v) is 3.42. The van der Waals surface area contributed by atoms with Gasteiger partial charge in [0.15, 0.2) is 21.9 Å². The minimum atomic E-state index is -2.89. The lowest BCUT2D eigenvalue weighted by Crippen LogP contribution is -2.02. The van der Waals surface area contributed by atoms with E-state index in [1.54, 1.807) is 12.1 Å². The first kappa shape index (κ1) is 9.45. The molecule has 4 nitrogen and oxygen atoms in total. The summed E-state index contributed by atoms with van der Waals surface area (Å²) in [6.45, 7) is 0. The highest BCUT2D eigenvalue weighted by Crippen LogP contribution is 2.29. The maximum Gasteiger partial charge on any atom is 0.185 e. The van der Waals surface area contributed by atoms with Crippen molar-refractivity contribution in [3.63, 3.8) is 0 Å². The van der Waals surface area contributed by atoms with Crippen molar-refractivity contribution in [3.05, 3.63) is 23.7 Å². The Morgan fingerprint density at radius 3 is 2.71 bits per heavy atom. The van der Waals surface area contributed by atoms with E-state index in [0.29, 0.717) is 18.5 Å². The molecule has 5 heteroatoms. The average Bonchev–Trinajstić information content (AvgIpc) is 2.70. The first-order valence-corrected chi connectivity index (χ1v) is 6.18. The van der Waals surface area contributed by atoms with E-state index >= 15 is 0 Å². The number of hydrogen-bond acceptors (Lipinski definition) is 4. The van der Waals surface area contributed by atoms with Gasteiger partial charge in [-0.2, -0.15) is 0 Å². The summed E-state index contributed by atoms with van der Waals surface area (Å²) in [5, 5.41) is 0. The van der Waals surface area contributed by atoms with Crippen molar-refractivity contribution in [2.24, 2.45) is 0 Å². The van der Waals surface area contributed by atoms with E-state index in [1.807, 2.05) is 0 Å². The van der Waals surface area contributed by atoms with Gasteiger partial charge in [-0.15, -0.1) is 0 Å². The van der Waals surface area contributed by atoms with Gasteiger partial charge in [0.25, 0.3) is 0 Å². The molecule has 0 amide bonds. The first-order chi connectivity index (χ1) is 6.61. The Bertz CT molecular complexity index is 443. The fourth-order valence-electron chi connectivity index (χ4n) is 1.67. The molecule has 0 radical (unpaired) electrons. The van der Waals surface area contributed by atoms with Gasteiger partial charge >= 0.3 is 0 Å². The Morgan fingerprint density at radius 2 is 2.21 bits per heavy atom. The molecule has 1 aromatic rings. The zero-order valence-electron chi connectivity index (χ0n) is 7.47. The molecule has 0 bridgehead atoms. The lowest BCUT2D eigenvalue weighted by molar-refractivity contribution is 0.109. The molecule has 0 aromatic carbocycles. The normalized spacial score (nSPS) is 25.0. The monoisotopic (exact) mass is 214 g/mol. The summed E-state index contributed by atoms with van der Waals surface area (Å²) in [5.41, 5.74) is 0. The van der Waals surface area contributed by atoms with Crippen molar-refractivity contribution in [1.82, 2.24) is 0 Å². The topological polar surface area (TPSA) is 64.3 Å². The van der Waals surface area contributed by atoms with Crippen LogP contribution in [0.4, 0.5) is 0 Å². The van der Waals surface area contributed by atoms with E-state index < -0.39 is 9.84 Å². The van der Waals surface area contributed by atoms with Gasteiger partial charge in [-0.3, -0.25) is 4.79 Å². The van der Waals surface area contributed by atoms with Gasteiger partial charge < -0.3 is 4.42 Å². The quantitative estimate of drug-likeness (QED) is 0.689. The first-order valence-electron chi connectivity index (χ1n) is 4.36. The third kappa shape index (κ3) is 1.72. The highest BCUT2D eigenvalue weighted by atomic mass is 32.2. The van der Waals surface area contributed by atoms with Crippen LogP contribution in [0.15, 0.2) is 16.5 Å². The second-order valence-corrected chi connectivity index (χ2v) is 5.69. The molecule has 1 aliphatic rings. The van der Waals surface area contributed by atoms with E-state index in [0.717, 1.165) is 0 Å². The van der Waals surface area contributed by atoms with Gasteiger partial charge in [0.2, 0.25) is 0 Å². The van der Waals surface area contributed by atoms with Gasteiger partial charge in [0, 0.05) is 5.92 Å². The fraction of sp³-hybridized carbons (Fsp3) is 0.444. The third-order valence-electron chi connectivity index (χ3n) is 2.40. The largest absolute Gasteiger partial charge is 0.458 e. The van der Waals surface area contributed by atoms with Crippen LogP contribution in [0.25, 0.3) is 0 Å². The molecule has 1 fully saturated rings. The van der Waals surface area contributed by atoms with Crippen LogP contribution in [0.2, 0.25) is 0 Å². The number of furan rings is 1. The molecular weight excluding hydrogens is 204 g/mol. The highest BCUT2D eigenvalue weighted by Gasteiger charge is 2.30. The molecule has 1 atom stereocenters. The van der Waals surface area contributed by atoms with Crippen LogP contribution in [0.3, 0.4) is 0 Å². The Kier molecular flexibility index (Phi) is 2.19. The minimum absolute atomic E-state index is 0.0753. The Labute approximate surface area is 81.8 Å². The van der Waals surface area contributed by atoms with E-state index in [4.69, 9.17) is 4.42 Å². The molecular formula is C9H10O4S. The SMILES string of the molecule is O=Cc1ccc(C2CCS(=O)(=O)C2)o1. The molecule has 1 aliphatic heterocycles. The summed E-state index contributed by atoms with van der Waals surface area (Å²) in [6, 6.07) is 3.24. The second kappa shape index (κ2) is 3.24. The van der Waals surface area contributed by atoms with E-state index in [2.05, 4.69) is 0 Å². The minimum Gasteiger partial charge on any atom is -0.458 e. The Morgan fingerprint density at radius 1 is 1.43 bits per heavy atom. The van der Waals surface area contributed by atoms with E-state index in [9.17, 15) is 13.2 Å². The van der Waals surface area contributed by atoms with E-state index in [1.165, 1.54) is 0 Å². The third-order valence-corrected chi connectivity index (χ3v) is 4.17. The molecule has 1 aromatic heterocycles. The molecule has 76 valence electrons. The van der Waals surface area contributed by atoms with Crippen molar-refractivity contribution in [1.29, 1.82) is 0 Å². The average molecular weight is 214 g/mol. The summed E-state index contributed by atoms with van der Waals surface area (Å²) < 4.78 is 27.5. The molecule has 0 aliphatic carbocycles. The summed E-state index contributed by atoms with van der Waals surface area (Å²) in [6.07, 6.45) is 1.21. The second-order valence-electron chi connectivity index (χ2n) is 3.46. The predicted octanol–water partition coefficient (Wildman–Crippen LogP) is 0.994. The standard InChI is InChI=1S/C9H10O4S/c10-5-8-1-2-9(13-8)7-3-4-14(11,12)6-7/h1-2,5,7H,3-4,6H2. The smallest absolute Gasteiger partial charge is 0.185 e. The van der Waals surface area contributed by atoms with E-state index in [-0.39, 0.29) is 23.2 Å². The summed E-state index contributed by atoms with van der Waals surface area (Å²) in [4.78, 5) is 10.4. The number of aldehydes is 1. The number of carbonyl (C=O) groups is 1. The van der Waals surface area contributed by atoms with Crippen LogP contribution in [0, 0.1) is 0 Å². The Hall–Kier alpha value is -1.10. The zero-order chi connectivity index (χ0) is 10.2. The number of sulfone groups is 1. The number of rotatable bonds is 2. The van der Waals surface area contributed by atoms with Crippen LogP contribution >= 0.6 is 0 Å². The molecule has 0 spiro atoms. The van der Waals surface area contributed by atoms with Gasteiger partial charge in [-0.25, -0.2) is 8.42 Å². The van der Waals surface area contributed by atoms with Crippen molar-refractivity contribution in [2.75, 3.05) is 11.5 Å². The van der Waals surface area contributed by atoms with Crippen molar-refractivity contribution < 1.29 is 17.6 Å². The summed E-state index contributed by atoms with van der Waals surface area (Å²) in [5.74, 6) is 1.14. The molecule has 0 N–H and O–H groups in total. The zero-order valence-corrected chi connectivity index (χ0v) is 8.29. The predicted molar refractivity (Wildman–Crippen MR) is 50.1 cm³/mol. The highest BCUT2D eigenvalue weighted by molar-refractivity contribution is 7.91. The van der Waals surface area contributed by atoms with Crippen LogP contribution in [-0.2, 0) is 9.84 Å². The lowest BCUT2D eigenvalue weighted by Gasteiger charge is -2.01. The molecule has 1 saturated heterocycles. The maximum atomic E-state index is 11.2. The van der Waals surface area contributed by atoms with Crippen molar-refractivity contribution >= 4 is 16.1 Å². The number of hydrogen-bond donors (Lipinski definition) is 0. The van der Waals surface area contributed by atoms with Gasteiger partial charge in [0.1, 0.15) is 5.76 Å². The van der Waals surface area contributed by atoms with Gasteiger partial charge in [0.05, 0.1) is 11.5 Å². The van der Waals surface area contributed by atoms with Crippen molar-refractivity contribution in [3.8, 4) is 0 Å². The van der Waals surface area contributed by atoms with Crippen LogP contribution in [0.5, 0.6) is 0 Å². The van der Waals surface area contributed by atoms with Crippen molar-refractivity contribution in [2.45, 2.75) is 12.3 Å². The molecule has 14 heavy (non-hydrogen) atoms. The van der Waals surface area contributed by atoms with Gasteiger partial charge in [-0.1, -0.05) is 0 Å². The number of carbonyl (C=O) groups excluding carboxylic acids is 1. The van der Waals surface area contributed by atoms with Crippen LogP contribution in [-0.4, -0.2) is 26.2 Å².